The van der Waals surface area contributed by atoms with Crippen LogP contribution in [0.5, 0.6) is 0 Å². The first kappa shape index (κ1) is 62.3. The number of amides is 10. The van der Waals surface area contributed by atoms with Crippen molar-refractivity contribution in [2.75, 3.05) is 41.8 Å². The summed E-state index contributed by atoms with van der Waals surface area (Å²) in [5.41, 5.74) is 0. The molecule has 0 spiro atoms. The molecule has 8 atom stereocenters. The number of carbonyl (C=O) groups excluding carboxylic acids is 9. The lowest BCUT2D eigenvalue weighted by Gasteiger charge is -2.36. The van der Waals surface area contributed by atoms with Gasteiger partial charge in [0.2, 0.25) is 47.3 Å². The molecule has 396 valence electrons. The van der Waals surface area contributed by atoms with Crippen LogP contribution in [0.2, 0.25) is 0 Å². The van der Waals surface area contributed by atoms with Crippen LogP contribution in [0.25, 0.3) is 0 Å². The fourth-order valence-corrected chi connectivity index (χ4v) is 7.73. The number of carbonyl (C=O) groups is 9. The average molecular weight is 988 g/mol. The maximum Gasteiger partial charge on any atom is 0.321 e. The zero-order valence-electron chi connectivity index (χ0n) is 44.6. The zero-order valence-corrected chi connectivity index (χ0v) is 44.6. The number of aliphatic hydroxyl groups excluding tert-OH is 1. The van der Waals surface area contributed by atoms with E-state index in [0.29, 0.717) is 25.1 Å². The van der Waals surface area contributed by atoms with Gasteiger partial charge in [-0.1, -0.05) is 69.2 Å². The Morgan fingerprint density at radius 1 is 0.657 bits per heavy atom. The highest BCUT2D eigenvalue weighted by Gasteiger charge is 2.40. The van der Waals surface area contributed by atoms with Crippen LogP contribution < -0.4 is 26.6 Å². The van der Waals surface area contributed by atoms with Crippen molar-refractivity contribution in [3.05, 3.63) is 24.3 Å². The first-order valence-electron chi connectivity index (χ1n) is 24.5. The summed E-state index contributed by atoms with van der Waals surface area (Å²) in [4.78, 5) is 135. The van der Waals surface area contributed by atoms with Crippen molar-refractivity contribution in [3.8, 4) is 0 Å². The van der Waals surface area contributed by atoms with E-state index in [0.717, 1.165) is 4.90 Å². The molecule has 0 radical (unpaired) electrons. The molecule has 0 unspecified atom stereocenters. The number of aromatic nitrogens is 2. The van der Waals surface area contributed by atoms with Gasteiger partial charge in [0.1, 0.15) is 42.1 Å². The second-order valence-corrected chi connectivity index (χ2v) is 20.0. The summed E-state index contributed by atoms with van der Waals surface area (Å²) in [5.74, 6) is -5.37. The highest BCUT2D eigenvalue weighted by atomic mass is 16.3. The van der Waals surface area contributed by atoms with Gasteiger partial charge in [-0.25, -0.2) is 14.8 Å². The predicted molar refractivity (Wildman–Crippen MR) is 265 cm³/mol. The molecule has 21 nitrogen and oxygen atoms in total. The van der Waals surface area contributed by atoms with E-state index in [4.69, 9.17) is 0 Å². The van der Waals surface area contributed by atoms with E-state index in [2.05, 4.69) is 36.6 Å². The van der Waals surface area contributed by atoms with Gasteiger partial charge in [-0.15, -0.1) is 0 Å². The second kappa shape index (κ2) is 30.1. The molecule has 1 heterocycles. The van der Waals surface area contributed by atoms with Crippen LogP contribution in [0, 0.1) is 29.6 Å². The number of urea groups is 1. The highest BCUT2D eigenvalue weighted by molar-refractivity contribution is 6.00. The quantitative estimate of drug-likeness (QED) is 0.0703. The molecule has 1 aromatic rings. The van der Waals surface area contributed by atoms with E-state index in [1.54, 1.807) is 46.2 Å². The summed E-state index contributed by atoms with van der Waals surface area (Å²) < 4.78 is 0. The Kier molecular flexibility index (Phi) is 26.8. The third kappa shape index (κ3) is 19.9. The molecule has 21 heteroatoms. The molecule has 0 aliphatic rings. The van der Waals surface area contributed by atoms with Gasteiger partial charge in [0, 0.05) is 60.5 Å². The van der Waals surface area contributed by atoms with Crippen LogP contribution >= 0.6 is 0 Å². The number of aliphatic hydroxyl groups is 1. The molecular formula is C49H85N11O10. The smallest absolute Gasteiger partial charge is 0.321 e. The normalized spacial score (nSPS) is 14.8. The molecule has 1 aromatic heterocycles. The molecule has 10 amide bonds. The molecule has 1 rings (SSSR count). The van der Waals surface area contributed by atoms with Crippen LogP contribution in [0.3, 0.4) is 0 Å². The summed E-state index contributed by atoms with van der Waals surface area (Å²) >= 11 is 0. The van der Waals surface area contributed by atoms with Crippen molar-refractivity contribution in [3.63, 3.8) is 0 Å². The molecule has 0 fully saturated rings. The number of nitrogens with one attached hydrogen (secondary N) is 5. The van der Waals surface area contributed by atoms with E-state index >= 15 is 0 Å². The number of hydrogen-bond donors (Lipinski definition) is 6. The molecule has 0 saturated carbocycles. The van der Waals surface area contributed by atoms with Crippen LogP contribution in [0.15, 0.2) is 18.5 Å². The van der Waals surface area contributed by atoms with Crippen molar-refractivity contribution < 1.29 is 48.3 Å². The predicted octanol–water partition coefficient (Wildman–Crippen LogP) is 1.87. The molecular weight excluding hydrogens is 903 g/mol. The van der Waals surface area contributed by atoms with E-state index < -0.39 is 108 Å². The number of rotatable bonds is 28. The lowest BCUT2D eigenvalue weighted by molar-refractivity contribution is -0.148. The molecule has 0 saturated heterocycles. The fourth-order valence-electron chi connectivity index (χ4n) is 7.73. The number of nitrogens with zero attached hydrogens (tertiary/aromatic N) is 6. The molecule has 6 N–H and O–H groups in total. The Morgan fingerprint density at radius 2 is 1.20 bits per heavy atom. The Hall–Kier alpha value is -5.73. The fraction of sp³-hybridized carbons (Fsp3) is 0.735. The second-order valence-electron chi connectivity index (χ2n) is 20.0. The maximum atomic E-state index is 14.2. The van der Waals surface area contributed by atoms with Crippen molar-refractivity contribution in [2.45, 2.75) is 163 Å². The molecule has 0 aliphatic carbocycles. The van der Waals surface area contributed by atoms with Gasteiger partial charge in [-0.3, -0.25) is 43.7 Å². The summed E-state index contributed by atoms with van der Waals surface area (Å²) in [6.07, 6.45) is 4.30. The monoisotopic (exact) mass is 988 g/mol. The SMILES string of the molecule is CC[C@H](NC(=O)[C@H]([C@H](O)[C@H](C)CCCc1ncccn1)N(C)C(=O)CC(C)C)C(=O)N(C)CC(=O)N(C)[C@@H](CC(C)C)C(=O)N[C@H](C(=O)N(C)[C@@H](CC(C)C)C(=O)N[C@H](C)C(=O)NC(=O)NC)C(C)C. The minimum atomic E-state index is -1.33. The summed E-state index contributed by atoms with van der Waals surface area (Å²) in [7, 11) is 7.05. The minimum Gasteiger partial charge on any atom is -0.390 e. The van der Waals surface area contributed by atoms with Crippen molar-refractivity contribution >= 4 is 53.3 Å². The van der Waals surface area contributed by atoms with Crippen LogP contribution in [-0.4, -0.2) is 172 Å². The van der Waals surface area contributed by atoms with E-state index in [-0.39, 0.29) is 49.3 Å². The summed E-state index contributed by atoms with van der Waals surface area (Å²) in [6, 6.07) is -5.91. The molecule has 0 bridgehead atoms. The number of aryl methyl sites for hydroxylation is 1. The number of hydrogen-bond acceptors (Lipinski definition) is 12. The van der Waals surface area contributed by atoms with Crippen LogP contribution in [-0.2, 0) is 44.8 Å². The standard InChI is InChI=1S/C49H85N11O10/c1-17-34(54-46(67)41(60(16)38(61)26-30(6)7)42(63)32(10)20-18-21-37-51-22-19-23-52-37)47(68)57(13)27-39(62)58(14)35(24-28(2)3)45(66)55-40(31(8)9)48(69)59(15)36(25-29(4)5)44(65)53-33(11)43(64)56-49(70)50-12/h19,22-23,28-36,40-42,63H,17-18,20-21,24-27H2,1-16H3,(H,53,65)(H,54,67)(H,55,66)(H2,50,56,64,70)/t32-,33-,34+,35+,36+,40+,41+,42-/m1/s1. The van der Waals surface area contributed by atoms with E-state index in [1.807, 2.05) is 41.5 Å². The Bertz CT molecular complexity index is 1900. The Morgan fingerprint density at radius 3 is 1.70 bits per heavy atom. The topological polar surface area (TPSA) is 273 Å². The Labute approximate surface area is 415 Å². The molecule has 0 aromatic carbocycles. The van der Waals surface area contributed by atoms with Crippen LogP contribution in [0.1, 0.15) is 121 Å². The van der Waals surface area contributed by atoms with Gasteiger partial charge >= 0.3 is 6.03 Å². The van der Waals surface area contributed by atoms with Gasteiger partial charge in [-0.05, 0) is 74.7 Å². The van der Waals surface area contributed by atoms with Gasteiger partial charge in [0.15, 0.2) is 0 Å². The van der Waals surface area contributed by atoms with Crippen LogP contribution in [0.4, 0.5) is 4.79 Å². The third-order valence-electron chi connectivity index (χ3n) is 12.1. The Balaban J connectivity index is 3.29. The molecule has 70 heavy (non-hydrogen) atoms. The van der Waals surface area contributed by atoms with Crippen molar-refractivity contribution in [1.29, 1.82) is 0 Å². The third-order valence-corrected chi connectivity index (χ3v) is 12.1. The first-order valence-corrected chi connectivity index (χ1v) is 24.5. The van der Waals surface area contributed by atoms with Gasteiger partial charge in [-0.2, -0.15) is 0 Å². The first-order chi connectivity index (χ1) is 32.6. The lowest BCUT2D eigenvalue weighted by Crippen LogP contribution is -2.60. The number of imide groups is 1. The van der Waals surface area contributed by atoms with Gasteiger partial charge in [0.05, 0.1) is 12.6 Å². The highest BCUT2D eigenvalue weighted by Crippen LogP contribution is 2.21. The largest absolute Gasteiger partial charge is 0.390 e. The van der Waals surface area contributed by atoms with Crippen molar-refractivity contribution in [1.82, 2.24) is 56.2 Å². The zero-order chi connectivity index (χ0) is 53.7. The average Bonchev–Trinajstić information content (AvgIpc) is 3.29. The van der Waals surface area contributed by atoms with E-state index in [1.165, 1.54) is 56.9 Å². The van der Waals surface area contributed by atoms with E-state index in [9.17, 15) is 48.3 Å². The minimum absolute atomic E-state index is 0.0240. The molecule has 0 aliphatic heterocycles. The summed E-state index contributed by atoms with van der Waals surface area (Å²) in [5, 5.41) is 24.1. The lowest BCUT2D eigenvalue weighted by atomic mass is 9.91. The summed E-state index contributed by atoms with van der Waals surface area (Å²) in [6.45, 7) is 19.0. The maximum absolute atomic E-state index is 14.2. The van der Waals surface area contributed by atoms with Crippen molar-refractivity contribution in [2.24, 2.45) is 29.6 Å². The van der Waals surface area contributed by atoms with Gasteiger partial charge in [0.25, 0.3) is 0 Å². The number of likely N-dealkylation sites (N-methyl/N-ethyl adjacent to an activating group) is 4. The van der Waals surface area contributed by atoms with Gasteiger partial charge < -0.3 is 46.0 Å².